The summed E-state index contributed by atoms with van der Waals surface area (Å²) in [6, 6.07) is 5.92. The molecule has 130 valence electrons. The van der Waals surface area contributed by atoms with E-state index in [4.69, 9.17) is 14.9 Å². The lowest BCUT2D eigenvalue weighted by Crippen LogP contribution is -2.46. The zero-order chi connectivity index (χ0) is 17.3. The molecule has 1 fully saturated rings. The van der Waals surface area contributed by atoms with Crippen LogP contribution in [-0.2, 0) is 4.74 Å². The molecule has 6 heteroatoms. The van der Waals surface area contributed by atoms with Crippen LogP contribution in [0.15, 0.2) is 28.9 Å². The third-order valence-electron chi connectivity index (χ3n) is 4.11. The Kier molecular flexibility index (Phi) is 4.30. The first kappa shape index (κ1) is 16.5. The molecule has 1 amide bonds. The second-order valence-electron chi connectivity index (χ2n) is 7.29. The molecule has 1 aromatic heterocycles. The van der Waals surface area contributed by atoms with E-state index in [-0.39, 0.29) is 12.1 Å². The van der Waals surface area contributed by atoms with E-state index in [2.05, 4.69) is 10.2 Å². The van der Waals surface area contributed by atoms with Crippen molar-refractivity contribution in [1.82, 2.24) is 5.32 Å². The number of nitrogens with two attached hydrogens (primary N) is 1. The van der Waals surface area contributed by atoms with Crippen LogP contribution in [0.1, 0.15) is 33.6 Å². The van der Waals surface area contributed by atoms with Crippen molar-refractivity contribution in [1.29, 1.82) is 0 Å². The highest BCUT2D eigenvalue weighted by molar-refractivity contribution is 5.92. The highest BCUT2D eigenvalue weighted by atomic mass is 16.6. The van der Waals surface area contributed by atoms with Gasteiger partial charge in [-0.3, -0.25) is 0 Å². The maximum absolute atomic E-state index is 11.9. The first-order valence-electron chi connectivity index (χ1n) is 8.33. The molecule has 0 radical (unpaired) electrons. The van der Waals surface area contributed by atoms with Crippen LogP contribution in [0.3, 0.4) is 0 Å². The van der Waals surface area contributed by atoms with Crippen molar-refractivity contribution in [2.75, 3.05) is 23.7 Å². The van der Waals surface area contributed by atoms with E-state index < -0.39 is 5.60 Å². The van der Waals surface area contributed by atoms with Crippen LogP contribution >= 0.6 is 0 Å². The summed E-state index contributed by atoms with van der Waals surface area (Å²) in [5.41, 5.74) is 8.14. The number of hydrogen-bond donors (Lipinski definition) is 2. The summed E-state index contributed by atoms with van der Waals surface area (Å²) < 4.78 is 10.9. The molecule has 24 heavy (non-hydrogen) atoms. The number of anilines is 2. The quantitative estimate of drug-likeness (QED) is 0.823. The van der Waals surface area contributed by atoms with Crippen LogP contribution in [0.25, 0.3) is 11.0 Å². The summed E-state index contributed by atoms with van der Waals surface area (Å²) in [5.74, 6) is 0. The number of nitrogen functional groups attached to an aromatic ring is 1. The van der Waals surface area contributed by atoms with Crippen molar-refractivity contribution >= 4 is 28.4 Å². The molecular formula is C18H25N3O3. The van der Waals surface area contributed by atoms with E-state index in [1.54, 1.807) is 6.26 Å². The lowest BCUT2D eigenvalue weighted by molar-refractivity contribution is 0.0497. The van der Waals surface area contributed by atoms with Crippen LogP contribution < -0.4 is 16.0 Å². The highest BCUT2D eigenvalue weighted by Crippen LogP contribution is 2.32. The van der Waals surface area contributed by atoms with Gasteiger partial charge in [0.15, 0.2) is 5.58 Å². The normalized spacial score (nSPS) is 16.4. The second kappa shape index (κ2) is 6.26. The smallest absolute Gasteiger partial charge is 0.407 e. The Hall–Kier alpha value is -2.37. The predicted octanol–water partition coefficient (Wildman–Crippen LogP) is 3.51. The Morgan fingerprint density at radius 3 is 2.71 bits per heavy atom. The molecule has 0 aliphatic carbocycles. The van der Waals surface area contributed by atoms with E-state index in [0.717, 1.165) is 48.3 Å². The van der Waals surface area contributed by atoms with Crippen molar-refractivity contribution in [3.05, 3.63) is 24.5 Å². The maximum atomic E-state index is 11.9. The number of rotatable bonds is 2. The van der Waals surface area contributed by atoms with Crippen LogP contribution in [0, 0.1) is 0 Å². The third-order valence-corrected chi connectivity index (χ3v) is 4.11. The van der Waals surface area contributed by atoms with Crippen LogP contribution in [0.2, 0.25) is 0 Å². The number of benzene rings is 1. The van der Waals surface area contributed by atoms with E-state index in [0.29, 0.717) is 0 Å². The monoisotopic (exact) mass is 331 g/mol. The molecule has 1 aliphatic heterocycles. The Labute approximate surface area is 141 Å². The van der Waals surface area contributed by atoms with Gasteiger partial charge < -0.3 is 25.1 Å². The number of alkyl carbamates (subject to hydrolysis) is 1. The zero-order valence-corrected chi connectivity index (χ0v) is 14.5. The van der Waals surface area contributed by atoms with Gasteiger partial charge in [0.2, 0.25) is 0 Å². The van der Waals surface area contributed by atoms with Crippen molar-refractivity contribution in [3.8, 4) is 0 Å². The summed E-state index contributed by atoms with van der Waals surface area (Å²) >= 11 is 0. The molecular weight excluding hydrogens is 306 g/mol. The number of nitrogens with zero attached hydrogens (tertiary/aromatic N) is 1. The molecule has 3 N–H and O–H groups in total. The number of nitrogens with one attached hydrogen (secondary N) is 1. The summed E-state index contributed by atoms with van der Waals surface area (Å²) in [4.78, 5) is 14.1. The average Bonchev–Trinajstić information content (AvgIpc) is 2.93. The summed E-state index contributed by atoms with van der Waals surface area (Å²) in [7, 11) is 0. The van der Waals surface area contributed by atoms with Gasteiger partial charge in [-0.2, -0.15) is 0 Å². The minimum absolute atomic E-state index is 0.129. The molecule has 1 saturated heterocycles. The second-order valence-corrected chi connectivity index (χ2v) is 7.29. The van der Waals surface area contributed by atoms with E-state index >= 15 is 0 Å². The number of carbonyl (C=O) groups excluding carboxylic acids is 1. The van der Waals surface area contributed by atoms with Crippen molar-refractivity contribution < 1.29 is 13.9 Å². The molecule has 0 saturated carbocycles. The fraction of sp³-hybridized carbons (Fsp3) is 0.500. The maximum Gasteiger partial charge on any atom is 0.407 e. The Bertz CT molecular complexity index is 725. The molecule has 0 atom stereocenters. The molecule has 6 nitrogen and oxygen atoms in total. The SMILES string of the molecule is CC(C)(C)OC(=O)NC1CCN(c2cc(N)cc3ccoc23)CC1. The lowest BCUT2D eigenvalue weighted by Gasteiger charge is -2.34. The topological polar surface area (TPSA) is 80.7 Å². The third kappa shape index (κ3) is 3.75. The molecule has 2 aromatic rings. The van der Waals surface area contributed by atoms with Gasteiger partial charge in [0.25, 0.3) is 0 Å². The Morgan fingerprint density at radius 1 is 1.33 bits per heavy atom. The van der Waals surface area contributed by atoms with Crippen molar-refractivity contribution in [2.24, 2.45) is 0 Å². The largest absolute Gasteiger partial charge is 0.462 e. The number of amides is 1. The first-order valence-corrected chi connectivity index (χ1v) is 8.33. The van der Waals surface area contributed by atoms with Gasteiger partial charge in [0, 0.05) is 30.2 Å². The number of fused-ring (bicyclic) bond motifs is 1. The van der Waals surface area contributed by atoms with Crippen molar-refractivity contribution in [2.45, 2.75) is 45.3 Å². The summed E-state index contributed by atoms with van der Waals surface area (Å²) in [5, 5.41) is 3.97. The minimum Gasteiger partial charge on any atom is -0.462 e. The average molecular weight is 331 g/mol. The molecule has 3 rings (SSSR count). The van der Waals surface area contributed by atoms with E-state index in [1.165, 1.54) is 0 Å². The zero-order valence-electron chi connectivity index (χ0n) is 14.5. The van der Waals surface area contributed by atoms with Gasteiger partial charge in [-0.25, -0.2) is 4.79 Å². The summed E-state index contributed by atoms with van der Waals surface area (Å²) in [6.07, 6.45) is 3.05. The van der Waals surface area contributed by atoms with Gasteiger partial charge in [0.1, 0.15) is 5.60 Å². The molecule has 0 unspecified atom stereocenters. The number of ether oxygens (including phenoxy) is 1. The van der Waals surface area contributed by atoms with Crippen LogP contribution in [0.4, 0.5) is 16.2 Å². The Morgan fingerprint density at radius 2 is 2.04 bits per heavy atom. The van der Waals surface area contributed by atoms with Gasteiger partial charge in [-0.05, 0) is 51.8 Å². The van der Waals surface area contributed by atoms with Crippen LogP contribution in [-0.4, -0.2) is 30.8 Å². The fourth-order valence-electron chi connectivity index (χ4n) is 3.06. The molecule has 1 aromatic carbocycles. The van der Waals surface area contributed by atoms with Gasteiger partial charge in [0.05, 0.1) is 12.0 Å². The van der Waals surface area contributed by atoms with Gasteiger partial charge >= 0.3 is 6.09 Å². The van der Waals surface area contributed by atoms with E-state index in [1.807, 2.05) is 39.0 Å². The minimum atomic E-state index is -0.475. The molecule has 0 spiro atoms. The van der Waals surface area contributed by atoms with Gasteiger partial charge in [-0.1, -0.05) is 0 Å². The number of piperidine rings is 1. The molecule has 0 bridgehead atoms. The lowest BCUT2D eigenvalue weighted by atomic mass is 10.0. The van der Waals surface area contributed by atoms with Crippen molar-refractivity contribution in [3.63, 3.8) is 0 Å². The Balaban J connectivity index is 1.62. The number of furan rings is 1. The van der Waals surface area contributed by atoms with E-state index in [9.17, 15) is 4.79 Å². The summed E-state index contributed by atoms with van der Waals surface area (Å²) in [6.45, 7) is 7.26. The van der Waals surface area contributed by atoms with Gasteiger partial charge in [-0.15, -0.1) is 0 Å². The molecule has 1 aliphatic rings. The fourth-order valence-corrected chi connectivity index (χ4v) is 3.06. The first-order chi connectivity index (χ1) is 11.3. The highest BCUT2D eigenvalue weighted by Gasteiger charge is 2.25. The number of carbonyl (C=O) groups is 1. The standard InChI is InChI=1S/C18H25N3O3/c1-18(2,3)24-17(22)20-14-4-7-21(8-5-14)15-11-13(19)10-12-6-9-23-16(12)15/h6,9-11,14H,4-5,7-8,19H2,1-3H3,(H,20,22). The van der Waals surface area contributed by atoms with Crippen LogP contribution in [0.5, 0.6) is 0 Å². The predicted molar refractivity (Wildman–Crippen MR) is 95.2 cm³/mol. The molecule has 2 heterocycles. The number of hydrogen-bond acceptors (Lipinski definition) is 5.